The molecule has 0 aliphatic heterocycles. The average Bonchev–Trinajstić information content (AvgIpc) is 2.73. The number of sulfonamides is 1. The van der Waals surface area contributed by atoms with E-state index in [4.69, 9.17) is 10.5 Å². The topological polar surface area (TPSA) is 106 Å². The normalized spacial score (nSPS) is 11.6. The average molecular weight is 425 g/mol. The van der Waals surface area contributed by atoms with Crippen molar-refractivity contribution in [3.8, 4) is 5.75 Å². The number of nitrogens with one attached hydrogen (secondary N) is 1. The van der Waals surface area contributed by atoms with Crippen LogP contribution in [0, 0.1) is 13.8 Å². The number of nitrogens with zero attached hydrogens (tertiary/aromatic N) is 2. The van der Waals surface area contributed by atoms with Gasteiger partial charge in [-0.25, -0.2) is 8.42 Å². The second-order valence-electron chi connectivity index (χ2n) is 6.81. The van der Waals surface area contributed by atoms with Gasteiger partial charge in [-0.2, -0.15) is 10.2 Å². The van der Waals surface area contributed by atoms with Crippen LogP contribution in [-0.2, 0) is 16.6 Å². The molecule has 0 amide bonds. The first-order chi connectivity index (χ1) is 14.3. The zero-order valence-electron chi connectivity index (χ0n) is 17.1. The van der Waals surface area contributed by atoms with E-state index >= 15 is 0 Å². The molecule has 30 heavy (non-hydrogen) atoms. The lowest BCUT2D eigenvalue weighted by atomic mass is 10.1. The Labute approximate surface area is 176 Å². The number of ether oxygens (including phenoxy) is 1. The van der Waals surface area contributed by atoms with Crippen LogP contribution in [0.1, 0.15) is 16.7 Å². The summed E-state index contributed by atoms with van der Waals surface area (Å²) >= 11 is 0. The lowest BCUT2D eigenvalue weighted by Crippen LogP contribution is -2.12. The highest BCUT2D eigenvalue weighted by atomic mass is 32.2. The fourth-order valence-corrected chi connectivity index (χ4v) is 4.10. The highest BCUT2D eigenvalue weighted by molar-refractivity contribution is 7.92. The summed E-state index contributed by atoms with van der Waals surface area (Å²) in [4.78, 5) is 0.139. The van der Waals surface area contributed by atoms with Gasteiger partial charge in [-0.05, 0) is 79.1 Å². The molecule has 0 bridgehead atoms. The van der Waals surface area contributed by atoms with Crippen LogP contribution >= 0.6 is 0 Å². The predicted molar refractivity (Wildman–Crippen MR) is 118 cm³/mol. The summed E-state index contributed by atoms with van der Waals surface area (Å²) in [5.41, 5.74) is 10.1. The lowest BCUT2D eigenvalue weighted by molar-refractivity contribution is 0.408. The standard InChI is InChI=1S/C22H24N4O3S/c1-15-12-20(13-16(2)22(15)29-3)25-24-18-8-10-21(11-9-18)30(27,28)26-19-6-4-17(14-23)5-7-19/h4-13,26H,14,23H2,1-3H3. The third kappa shape index (κ3) is 5.03. The van der Waals surface area contributed by atoms with Crippen molar-refractivity contribution in [2.24, 2.45) is 16.0 Å². The Morgan fingerprint density at radius 2 is 1.47 bits per heavy atom. The van der Waals surface area contributed by atoms with Crippen LogP contribution in [-0.4, -0.2) is 15.5 Å². The van der Waals surface area contributed by atoms with Gasteiger partial charge in [0.1, 0.15) is 5.75 Å². The van der Waals surface area contributed by atoms with Crippen LogP contribution in [0.4, 0.5) is 17.1 Å². The molecular weight excluding hydrogens is 400 g/mol. The molecule has 0 spiro atoms. The molecule has 3 N–H and O–H groups in total. The highest BCUT2D eigenvalue weighted by Gasteiger charge is 2.14. The summed E-state index contributed by atoms with van der Waals surface area (Å²) in [6.45, 7) is 4.29. The quantitative estimate of drug-likeness (QED) is 0.521. The fourth-order valence-electron chi connectivity index (χ4n) is 3.04. The van der Waals surface area contributed by atoms with Gasteiger partial charge in [0.2, 0.25) is 0 Å². The third-order valence-corrected chi connectivity index (χ3v) is 5.92. The lowest BCUT2D eigenvalue weighted by Gasteiger charge is -2.09. The first-order valence-corrected chi connectivity index (χ1v) is 10.8. The van der Waals surface area contributed by atoms with Crippen molar-refractivity contribution in [3.63, 3.8) is 0 Å². The molecule has 3 aromatic carbocycles. The maximum absolute atomic E-state index is 12.6. The summed E-state index contributed by atoms with van der Waals surface area (Å²) in [5, 5.41) is 8.44. The van der Waals surface area contributed by atoms with Crippen LogP contribution in [0.25, 0.3) is 0 Å². The molecule has 8 heteroatoms. The second kappa shape index (κ2) is 9.06. The molecule has 7 nitrogen and oxygen atoms in total. The van der Waals surface area contributed by atoms with Crippen molar-refractivity contribution in [1.29, 1.82) is 0 Å². The Bertz CT molecular complexity index is 1130. The van der Waals surface area contributed by atoms with Crippen molar-refractivity contribution in [3.05, 3.63) is 77.4 Å². The Balaban J connectivity index is 1.74. The summed E-state index contributed by atoms with van der Waals surface area (Å²) in [6.07, 6.45) is 0. The van der Waals surface area contributed by atoms with Gasteiger partial charge in [0.15, 0.2) is 0 Å². The fraction of sp³-hybridized carbons (Fsp3) is 0.182. The van der Waals surface area contributed by atoms with Crippen molar-refractivity contribution >= 4 is 27.1 Å². The number of aryl methyl sites for hydroxylation is 2. The molecule has 0 fully saturated rings. The molecule has 0 atom stereocenters. The van der Waals surface area contributed by atoms with E-state index < -0.39 is 10.0 Å². The molecular formula is C22H24N4O3S. The number of rotatable bonds is 7. The van der Waals surface area contributed by atoms with Gasteiger partial charge in [0, 0.05) is 12.2 Å². The first kappa shape index (κ1) is 21.5. The molecule has 0 saturated heterocycles. The van der Waals surface area contributed by atoms with Crippen LogP contribution in [0.2, 0.25) is 0 Å². The Kier molecular flexibility index (Phi) is 6.49. The van der Waals surface area contributed by atoms with Crippen molar-refractivity contribution in [1.82, 2.24) is 0 Å². The Morgan fingerprint density at radius 3 is 2.00 bits per heavy atom. The van der Waals surface area contributed by atoms with Crippen molar-refractivity contribution in [2.75, 3.05) is 11.8 Å². The van der Waals surface area contributed by atoms with E-state index in [0.717, 1.165) is 22.4 Å². The van der Waals surface area contributed by atoms with Gasteiger partial charge in [-0.1, -0.05) is 12.1 Å². The van der Waals surface area contributed by atoms with E-state index in [1.54, 1.807) is 43.5 Å². The zero-order valence-corrected chi connectivity index (χ0v) is 17.9. The molecule has 0 aliphatic rings. The second-order valence-corrected chi connectivity index (χ2v) is 8.50. The number of azo groups is 1. The molecule has 0 unspecified atom stereocenters. The maximum Gasteiger partial charge on any atom is 0.261 e. The monoisotopic (exact) mass is 424 g/mol. The minimum atomic E-state index is -3.70. The number of anilines is 1. The third-order valence-electron chi connectivity index (χ3n) is 4.52. The minimum absolute atomic E-state index is 0.139. The largest absolute Gasteiger partial charge is 0.496 e. The van der Waals surface area contributed by atoms with E-state index in [1.165, 1.54) is 12.1 Å². The molecule has 0 aromatic heterocycles. The molecule has 0 saturated carbocycles. The van der Waals surface area contributed by atoms with Crippen LogP contribution in [0.15, 0.2) is 75.8 Å². The first-order valence-electron chi connectivity index (χ1n) is 9.31. The highest BCUT2D eigenvalue weighted by Crippen LogP contribution is 2.29. The van der Waals surface area contributed by atoms with Gasteiger partial charge < -0.3 is 10.5 Å². The number of hydrogen-bond donors (Lipinski definition) is 2. The van der Waals surface area contributed by atoms with E-state index in [0.29, 0.717) is 23.6 Å². The summed E-state index contributed by atoms with van der Waals surface area (Å²) < 4.78 is 33.1. The zero-order chi connectivity index (χ0) is 21.7. The van der Waals surface area contributed by atoms with Gasteiger partial charge >= 0.3 is 0 Å². The van der Waals surface area contributed by atoms with Crippen LogP contribution < -0.4 is 15.2 Å². The summed E-state index contributed by atoms with van der Waals surface area (Å²) in [7, 11) is -2.07. The number of benzene rings is 3. The Morgan fingerprint density at radius 1 is 0.900 bits per heavy atom. The van der Waals surface area contributed by atoms with Gasteiger partial charge in [-0.3, -0.25) is 4.72 Å². The molecule has 0 radical (unpaired) electrons. The van der Waals surface area contributed by atoms with E-state index in [-0.39, 0.29) is 4.90 Å². The predicted octanol–water partition coefficient (Wildman–Crippen LogP) is 4.99. The molecule has 156 valence electrons. The summed E-state index contributed by atoms with van der Waals surface area (Å²) in [6, 6.07) is 16.9. The van der Waals surface area contributed by atoms with Gasteiger partial charge in [0.25, 0.3) is 10.0 Å². The molecule has 0 heterocycles. The molecule has 0 aliphatic carbocycles. The number of nitrogens with two attached hydrogens (primary N) is 1. The van der Waals surface area contributed by atoms with Gasteiger partial charge in [-0.15, -0.1) is 0 Å². The molecule has 3 aromatic rings. The van der Waals surface area contributed by atoms with Crippen LogP contribution in [0.5, 0.6) is 5.75 Å². The molecule has 3 rings (SSSR count). The maximum atomic E-state index is 12.6. The van der Waals surface area contributed by atoms with E-state index in [2.05, 4.69) is 15.0 Å². The van der Waals surface area contributed by atoms with E-state index in [1.807, 2.05) is 26.0 Å². The minimum Gasteiger partial charge on any atom is -0.496 e. The smallest absolute Gasteiger partial charge is 0.261 e. The SMILES string of the molecule is COc1c(C)cc(N=Nc2ccc(S(=O)(=O)Nc3ccc(CN)cc3)cc2)cc1C. The van der Waals surface area contributed by atoms with Crippen molar-refractivity contribution in [2.45, 2.75) is 25.3 Å². The van der Waals surface area contributed by atoms with Crippen LogP contribution in [0.3, 0.4) is 0 Å². The summed E-state index contributed by atoms with van der Waals surface area (Å²) in [5.74, 6) is 0.827. The van der Waals surface area contributed by atoms with E-state index in [9.17, 15) is 8.42 Å². The van der Waals surface area contributed by atoms with Gasteiger partial charge in [0.05, 0.1) is 23.4 Å². The Hall–Kier alpha value is -3.23. The van der Waals surface area contributed by atoms with Crippen molar-refractivity contribution < 1.29 is 13.2 Å². The number of hydrogen-bond acceptors (Lipinski definition) is 6. The number of methoxy groups -OCH3 is 1.